The van der Waals surface area contributed by atoms with E-state index in [1.54, 1.807) is 12.3 Å². The van der Waals surface area contributed by atoms with Crippen LogP contribution in [0.5, 0.6) is 0 Å². The highest BCUT2D eigenvalue weighted by Crippen LogP contribution is 2.16. The van der Waals surface area contributed by atoms with Crippen LogP contribution in [0, 0.1) is 0 Å². The third kappa shape index (κ3) is 2.27. The van der Waals surface area contributed by atoms with Crippen LogP contribution in [0.15, 0.2) is 65.6 Å². The molecule has 94 valence electrons. The Morgan fingerprint density at radius 2 is 1.89 bits per heavy atom. The lowest BCUT2D eigenvalue weighted by molar-refractivity contribution is 0.823. The Balaban J connectivity index is 2.12. The van der Waals surface area contributed by atoms with Gasteiger partial charge in [-0.25, -0.2) is 0 Å². The summed E-state index contributed by atoms with van der Waals surface area (Å²) in [7, 11) is 0. The fourth-order valence-electron chi connectivity index (χ4n) is 2.19. The summed E-state index contributed by atoms with van der Waals surface area (Å²) >= 11 is 0. The summed E-state index contributed by atoms with van der Waals surface area (Å²) in [5.41, 5.74) is 2.38. The van der Waals surface area contributed by atoms with Gasteiger partial charge in [-0.15, -0.1) is 0 Å². The lowest BCUT2D eigenvalue weighted by Gasteiger charge is -2.10. The van der Waals surface area contributed by atoms with E-state index < -0.39 is 0 Å². The van der Waals surface area contributed by atoms with Crippen molar-refractivity contribution in [1.29, 1.82) is 0 Å². The molecule has 1 aromatic carbocycles. The molecule has 1 heterocycles. The average molecular weight is 250 g/mol. The topological polar surface area (TPSA) is 34.9 Å². The lowest BCUT2D eigenvalue weighted by Crippen LogP contribution is -2.23. The van der Waals surface area contributed by atoms with E-state index in [0.717, 1.165) is 24.1 Å². The number of aromatic nitrogens is 2. The molecule has 1 aromatic heterocycles. The standard InChI is InChI=1S/C16H14N2O/c19-16-15(13-7-3-1-4-8-13)11-12-17-18(16)14-9-5-2-6-10-14/h1,3-5,7-12H,2,6H2. The van der Waals surface area contributed by atoms with Crippen molar-refractivity contribution >= 4 is 5.70 Å². The van der Waals surface area contributed by atoms with Crippen molar-refractivity contribution in [1.82, 2.24) is 9.78 Å². The molecule has 0 spiro atoms. The third-order valence-electron chi connectivity index (χ3n) is 3.15. The summed E-state index contributed by atoms with van der Waals surface area (Å²) < 4.78 is 1.47. The van der Waals surface area contributed by atoms with Crippen molar-refractivity contribution in [2.24, 2.45) is 0 Å². The molecule has 0 amide bonds. The predicted molar refractivity (Wildman–Crippen MR) is 76.6 cm³/mol. The first-order valence-corrected chi connectivity index (χ1v) is 6.37. The van der Waals surface area contributed by atoms with Crippen molar-refractivity contribution < 1.29 is 0 Å². The van der Waals surface area contributed by atoms with E-state index in [0.29, 0.717) is 5.56 Å². The van der Waals surface area contributed by atoms with Crippen molar-refractivity contribution in [2.75, 3.05) is 0 Å². The van der Waals surface area contributed by atoms with E-state index in [4.69, 9.17) is 0 Å². The molecule has 2 aromatic rings. The van der Waals surface area contributed by atoms with Crippen LogP contribution in [0.3, 0.4) is 0 Å². The molecule has 0 unspecified atom stereocenters. The van der Waals surface area contributed by atoms with E-state index in [9.17, 15) is 4.79 Å². The first kappa shape index (κ1) is 11.7. The fourth-order valence-corrected chi connectivity index (χ4v) is 2.19. The van der Waals surface area contributed by atoms with Gasteiger partial charge in [-0.05, 0) is 30.5 Å². The summed E-state index contributed by atoms with van der Waals surface area (Å²) in [4.78, 5) is 12.5. The van der Waals surface area contributed by atoms with Crippen LogP contribution in [0.2, 0.25) is 0 Å². The zero-order valence-electron chi connectivity index (χ0n) is 10.5. The van der Waals surface area contributed by atoms with Crippen molar-refractivity contribution in [2.45, 2.75) is 12.8 Å². The summed E-state index contributed by atoms with van der Waals surface area (Å²) in [5, 5.41) is 4.17. The maximum absolute atomic E-state index is 12.5. The molecule has 3 nitrogen and oxygen atoms in total. The number of rotatable bonds is 2. The first-order chi connectivity index (χ1) is 9.36. The van der Waals surface area contributed by atoms with E-state index in [1.807, 2.05) is 42.5 Å². The van der Waals surface area contributed by atoms with Crippen molar-refractivity contribution in [3.8, 4) is 11.1 Å². The minimum Gasteiger partial charge on any atom is -0.267 e. The number of hydrogen-bond donors (Lipinski definition) is 0. The molecule has 1 aliphatic rings. The molecule has 0 bridgehead atoms. The monoisotopic (exact) mass is 250 g/mol. The molecule has 3 heteroatoms. The molecular formula is C16H14N2O. The Labute approximate surface area is 111 Å². The molecule has 3 rings (SSSR count). The number of hydrogen-bond acceptors (Lipinski definition) is 2. The lowest BCUT2D eigenvalue weighted by atomic mass is 10.1. The van der Waals surface area contributed by atoms with Gasteiger partial charge >= 0.3 is 0 Å². The normalized spacial score (nSPS) is 14.2. The van der Waals surface area contributed by atoms with Gasteiger partial charge in [0, 0.05) is 6.20 Å². The SMILES string of the molecule is O=c1c(-c2ccccc2)ccnn1C1=CCCC=C1. The highest BCUT2D eigenvalue weighted by atomic mass is 16.1. The molecule has 0 saturated carbocycles. The Bertz CT molecular complexity index is 696. The van der Waals surface area contributed by atoms with Crippen LogP contribution in [-0.4, -0.2) is 9.78 Å². The smallest absolute Gasteiger partial charge is 0.267 e. The van der Waals surface area contributed by atoms with E-state index in [1.165, 1.54) is 4.68 Å². The Morgan fingerprint density at radius 1 is 1.05 bits per heavy atom. The molecular weight excluding hydrogens is 236 g/mol. The van der Waals surface area contributed by atoms with E-state index in [-0.39, 0.29) is 5.56 Å². The van der Waals surface area contributed by atoms with Gasteiger partial charge in [0.25, 0.3) is 5.56 Å². The van der Waals surface area contributed by atoms with Crippen LogP contribution in [0.25, 0.3) is 16.8 Å². The number of benzene rings is 1. The Morgan fingerprint density at radius 3 is 2.63 bits per heavy atom. The highest BCUT2D eigenvalue weighted by Gasteiger charge is 2.09. The van der Waals surface area contributed by atoms with Crippen LogP contribution in [0.1, 0.15) is 12.8 Å². The first-order valence-electron chi connectivity index (χ1n) is 6.37. The van der Waals surface area contributed by atoms with Gasteiger partial charge in [0.1, 0.15) is 0 Å². The number of nitrogens with zero attached hydrogens (tertiary/aromatic N) is 2. The van der Waals surface area contributed by atoms with Gasteiger partial charge in [-0.2, -0.15) is 9.78 Å². The molecule has 1 aliphatic carbocycles. The van der Waals surface area contributed by atoms with Crippen LogP contribution < -0.4 is 5.56 Å². The maximum Gasteiger partial charge on any atom is 0.279 e. The second kappa shape index (κ2) is 5.06. The minimum atomic E-state index is -0.0773. The van der Waals surface area contributed by atoms with Gasteiger partial charge in [0.2, 0.25) is 0 Å². The van der Waals surface area contributed by atoms with Crippen LogP contribution >= 0.6 is 0 Å². The molecule has 0 atom stereocenters. The van der Waals surface area contributed by atoms with Gasteiger partial charge < -0.3 is 0 Å². The molecule has 19 heavy (non-hydrogen) atoms. The van der Waals surface area contributed by atoms with E-state index in [2.05, 4.69) is 11.2 Å². The summed E-state index contributed by atoms with van der Waals surface area (Å²) in [5.74, 6) is 0. The Kier molecular flexibility index (Phi) is 3.11. The molecule has 0 aliphatic heterocycles. The van der Waals surface area contributed by atoms with Crippen molar-refractivity contribution in [3.63, 3.8) is 0 Å². The summed E-state index contributed by atoms with van der Waals surface area (Å²) in [6, 6.07) is 11.4. The van der Waals surface area contributed by atoms with Gasteiger partial charge in [0.05, 0.1) is 11.3 Å². The summed E-state index contributed by atoms with van der Waals surface area (Å²) in [6.07, 6.45) is 9.72. The maximum atomic E-state index is 12.5. The zero-order valence-corrected chi connectivity index (χ0v) is 10.5. The van der Waals surface area contributed by atoms with Gasteiger partial charge in [-0.3, -0.25) is 4.79 Å². The van der Waals surface area contributed by atoms with Crippen LogP contribution in [0.4, 0.5) is 0 Å². The highest BCUT2D eigenvalue weighted by molar-refractivity contribution is 5.64. The third-order valence-corrected chi connectivity index (χ3v) is 3.15. The van der Waals surface area contributed by atoms with Gasteiger partial charge in [-0.1, -0.05) is 42.5 Å². The predicted octanol–water partition coefficient (Wildman–Crippen LogP) is 3.10. The molecule has 0 N–H and O–H groups in total. The zero-order chi connectivity index (χ0) is 13.1. The van der Waals surface area contributed by atoms with Crippen molar-refractivity contribution in [3.05, 3.63) is 71.2 Å². The van der Waals surface area contributed by atoms with Crippen LogP contribution in [-0.2, 0) is 0 Å². The summed E-state index contributed by atoms with van der Waals surface area (Å²) in [6.45, 7) is 0. The number of allylic oxidation sites excluding steroid dienone is 4. The quantitative estimate of drug-likeness (QED) is 0.820. The fraction of sp³-hybridized carbons (Fsp3) is 0.125. The van der Waals surface area contributed by atoms with Gasteiger partial charge in [0.15, 0.2) is 0 Å². The Hall–Kier alpha value is -2.42. The largest absolute Gasteiger partial charge is 0.279 e. The minimum absolute atomic E-state index is 0.0773. The van der Waals surface area contributed by atoms with E-state index >= 15 is 0 Å². The average Bonchev–Trinajstić information content (AvgIpc) is 2.49. The molecule has 0 fully saturated rings. The second-order valence-electron chi connectivity index (χ2n) is 4.44. The molecule has 0 radical (unpaired) electrons. The second-order valence-corrected chi connectivity index (χ2v) is 4.44. The molecule has 0 saturated heterocycles.